The second-order valence-corrected chi connectivity index (χ2v) is 5.99. The van der Waals surface area contributed by atoms with Crippen LogP contribution in [0.1, 0.15) is 50.2 Å². The molecule has 1 fully saturated rings. The highest BCUT2D eigenvalue weighted by Crippen LogP contribution is 2.29. The molecule has 0 saturated heterocycles. The van der Waals surface area contributed by atoms with Gasteiger partial charge < -0.3 is 10.6 Å². The van der Waals surface area contributed by atoms with E-state index < -0.39 is 0 Å². The van der Waals surface area contributed by atoms with E-state index in [0.29, 0.717) is 12.5 Å². The van der Waals surface area contributed by atoms with Crippen molar-refractivity contribution in [2.75, 3.05) is 0 Å². The molecule has 1 amide bonds. The molecule has 0 radical (unpaired) electrons. The summed E-state index contributed by atoms with van der Waals surface area (Å²) < 4.78 is 0. The lowest BCUT2D eigenvalue weighted by Gasteiger charge is -2.24. The first-order valence-corrected chi connectivity index (χ1v) is 7.70. The molecule has 2 N–H and O–H groups in total. The van der Waals surface area contributed by atoms with Crippen molar-refractivity contribution in [2.45, 2.75) is 64.6 Å². The van der Waals surface area contributed by atoms with E-state index in [1.54, 1.807) is 0 Å². The Morgan fingerprint density at radius 3 is 2.55 bits per heavy atom. The summed E-state index contributed by atoms with van der Waals surface area (Å²) in [5, 5.41) is 0. The molecular formula is C17H26N2O. The van der Waals surface area contributed by atoms with Gasteiger partial charge in [0.1, 0.15) is 0 Å². The summed E-state index contributed by atoms with van der Waals surface area (Å²) in [5.41, 5.74) is 8.47. The van der Waals surface area contributed by atoms with Crippen LogP contribution in [0.4, 0.5) is 0 Å². The molecule has 1 aromatic carbocycles. The first-order chi connectivity index (χ1) is 9.60. The van der Waals surface area contributed by atoms with Gasteiger partial charge in [0.25, 0.3) is 0 Å². The standard InChI is InChI=1S/C17H26N2O/c1-3-4-15(18)11-17(20)19(16-9-10-16)12-14-7-5-13(2)6-8-14/h5-8,15-16H,3-4,9-12,18H2,1-2H3. The average molecular weight is 274 g/mol. The Labute approximate surface area is 122 Å². The Kier molecular flexibility index (Phi) is 5.18. The van der Waals surface area contributed by atoms with Gasteiger partial charge in [-0.25, -0.2) is 0 Å². The molecule has 0 bridgehead atoms. The third kappa shape index (κ3) is 4.34. The molecule has 3 nitrogen and oxygen atoms in total. The van der Waals surface area contributed by atoms with Crippen molar-refractivity contribution in [3.8, 4) is 0 Å². The van der Waals surface area contributed by atoms with Gasteiger partial charge in [-0.05, 0) is 31.7 Å². The van der Waals surface area contributed by atoms with Crippen LogP contribution in [0.2, 0.25) is 0 Å². The van der Waals surface area contributed by atoms with Crippen LogP contribution in [0.3, 0.4) is 0 Å². The SMILES string of the molecule is CCCC(N)CC(=O)N(Cc1ccc(C)cc1)C1CC1. The Bertz CT molecular complexity index is 437. The van der Waals surface area contributed by atoms with Crippen molar-refractivity contribution in [3.05, 3.63) is 35.4 Å². The van der Waals surface area contributed by atoms with Crippen LogP contribution in [-0.2, 0) is 11.3 Å². The van der Waals surface area contributed by atoms with E-state index in [-0.39, 0.29) is 11.9 Å². The maximum absolute atomic E-state index is 12.4. The van der Waals surface area contributed by atoms with Crippen LogP contribution in [0.15, 0.2) is 24.3 Å². The first-order valence-electron chi connectivity index (χ1n) is 7.70. The lowest BCUT2D eigenvalue weighted by molar-refractivity contribution is -0.132. The fourth-order valence-corrected chi connectivity index (χ4v) is 2.51. The highest BCUT2D eigenvalue weighted by atomic mass is 16.2. The van der Waals surface area contributed by atoms with Crippen molar-refractivity contribution in [2.24, 2.45) is 5.73 Å². The number of nitrogens with two attached hydrogens (primary N) is 1. The molecule has 1 aromatic rings. The molecule has 0 aliphatic heterocycles. The fraction of sp³-hybridized carbons (Fsp3) is 0.588. The van der Waals surface area contributed by atoms with E-state index in [1.165, 1.54) is 11.1 Å². The predicted octanol–water partition coefficient (Wildman–Crippen LogP) is 3.00. The summed E-state index contributed by atoms with van der Waals surface area (Å²) in [6.07, 6.45) is 4.72. The summed E-state index contributed by atoms with van der Waals surface area (Å²) in [5.74, 6) is 0.217. The van der Waals surface area contributed by atoms with E-state index in [0.717, 1.165) is 32.2 Å². The summed E-state index contributed by atoms with van der Waals surface area (Å²) in [6.45, 7) is 4.91. The molecule has 1 aliphatic rings. The maximum atomic E-state index is 12.4. The van der Waals surface area contributed by atoms with Crippen molar-refractivity contribution in [1.82, 2.24) is 4.90 Å². The number of hydrogen-bond acceptors (Lipinski definition) is 2. The maximum Gasteiger partial charge on any atom is 0.224 e. The lowest BCUT2D eigenvalue weighted by Crippen LogP contribution is -2.37. The fourth-order valence-electron chi connectivity index (χ4n) is 2.51. The van der Waals surface area contributed by atoms with E-state index in [9.17, 15) is 4.79 Å². The van der Waals surface area contributed by atoms with Crippen LogP contribution >= 0.6 is 0 Å². The predicted molar refractivity (Wildman–Crippen MR) is 82.3 cm³/mol. The van der Waals surface area contributed by atoms with E-state index in [4.69, 9.17) is 5.73 Å². The van der Waals surface area contributed by atoms with Gasteiger partial charge in [0.05, 0.1) is 0 Å². The van der Waals surface area contributed by atoms with Crippen molar-refractivity contribution < 1.29 is 4.79 Å². The number of carbonyl (C=O) groups excluding carboxylic acids is 1. The molecule has 0 aromatic heterocycles. The summed E-state index contributed by atoms with van der Waals surface area (Å²) >= 11 is 0. The lowest BCUT2D eigenvalue weighted by atomic mass is 10.1. The smallest absolute Gasteiger partial charge is 0.224 e. The molecule has 1 atom stereocenters. The molecule has 110 valence electrons. The van der Waals surface area contributed by atoms with Crippen molar-refractivity contribution >= 4 is 5.91 Å². The number of hydrogen-bond donors (Lipinski definition) is 1. The van der Waals surface area contributed by atoms with Crippen LogP contribution in [0.25, 0.3) is 0 Å². The van der Waals surface area contributed by atoms with Crippen LogP contribution in [0.5, 0.6) is 0 Å². The molecule has 1 unspecified atom stereocenters. The van der Waals surface area contributed by atoms with Gasteiger partial charge in [-0.2, -0.15) is 0 Å². The largest absolute Gasteiger partial charge is 0.335 e. The monoisotopic (exact) mass is 274 g/mol. The number of nitrogens with zero attached hydrogens (tertiary/aromatic N) is 1. The molecule has 0 heterocycles. The van der Waals surface area contributed by atoms with Gasteiger partial charge in [0, 0.05) is 25.0 Å². The van der Waals surface area contributed by atoms with Crippen LogP contribution in [-0.4, -0.2) is 22.9 Å². The number of aryl methyl sites for hydroxylation is 1. The van der Waals surface area contributed by atoms with E-state index in [1.807, 2.05) is 4.90 Å². The second kappa shape index (κ2) is 6.89. The normalized spacial score (nSPS) is 15.9. The summed E-state index contributed by atoms with van der Waals surface area (Å²) in [6, 6.07) is 8.89. The number of benzene rings is 1. The van der Waals surface area contributed by atoms with Crippen LogP contribution in [0, 0.1) is 6.92 Å². The Balaban J connectivity index is 1.96. The minimum absolute atomic E-state index is 0.00627. The van der Waals surface area contributed by atoms with Crippen molar-refractivity contribution in [1.29, 1.82) is 0 Å². The van der Waals surface area contributed by atoms with E-state index in [2.05, 4.69) is 38.1 Å². The van der Waals surface area contributed by atoms with Gasteiger partial charge in [0.2, 0.25) is 5.91 Å². The topological polar surface area (TPSA) is 46.3 Å². The number of rotatable bonds is 7. The highest BCUT2D eigenvalue weighted by molar-refractivity contribution is 5.77. The van der Waals surface area contributed by atoms with E-state index >= 15 is 0 Å². The molecule has 1 saturated carbocycles. The number of carbonyl (C=O) groups is 1. The van der Waals surface area contributed by atoms with Gasteiger partial charge in [-0.15, -0.1) is 0 Å². The van der Waals surface area contributed by atoms with Gasteiger partial charge in [0.15, 0.2) is 0 Å². The second-order valence-electron chi connectivity index (χ2n) is 5.99. The van der Waals surface area contributed by atoms with Crippen LogP contribution < -0.4 is 5.73 Å². The molecule has 1 aliphatic carbocycles. The molecule has 0 spiro atoms. The summed E-state index contributed by atoms with van der Waals surface area (Å²) in [7, 11) is 0. The Morgan fingerprint density at radius 2 is 2.00 bits per heavy atom. The Hall–Kier alpha value is -1.35. The third-order valence-corrected chi connectivity index (χ3v) is 3.88. The van der Waals surface area contributed by atoms with Gasteiger partial charge in [-0.1, -0.05) is 43.2 Å². The molecule has 2 rings (SSSR count). The Morgan fingerprint density at radius 1 is 1.35 bits per heavy atom. The quantitative estimate of drug-likeness (QED) is 0.831. The zero-order valence-corrected chi connectivity index (χ0v) is 12.6. The van der Waals surface area contributed by atoms with Crippen molar-refractivity contribution in [3.63, 3.8) is 0 Å². The molecule has 3 heteroatoms. The minimum Gasteiger partial charge on any atom is -0.335 e. The molecular weight excluding hydrogens is 248 g/mol. The summed E-state index contributed by atoms with van der Waals surface area (Å²) in [4.78, 5) is 14.5. The highest BCUT2D eigenvalue weighted by Gasteiger charge is 2.32. The average Bonchev–Trinajstić information content (AvgIpc) is 3.22. The minimum atomic E-state index is 0.00627. The zero-order valence-electron chi connectivity index (χ0n) is 12.6. The third-order valence-electron chi connectivity index (χ3n) is 3.88. The zero-order chi connectivity index (χ0) is 14.5. The molecule has 20 heavy (non-hydrogen) atoms. The number of amides is 1. The van der Waals surface area contributed by atoms with Gasteiger partial charge >= 0.3 is 0 Å². The van der Waals surface area contributed by atoms with Gasteiger partial charge in [-0.3, -0.25) is 4.79 Å². The first kappa shape index (κ1) is 15.0.